The van der Waals surface area contributed by atoms with E-state index in [0.29, 0.717) is 19.3 Å². The first-order valence-electron chi connectivity index (χ1n) is 35.6. The summed E-state index contributed by atoms with van der Waals surface area (Å²) in [6, 6.07) is 0. The zero-order valence-corrected chi connectivity index (χ0v) is 54.5. The number of hydrogen-bond donors (Lipinski definition) is 0. The van der Waals surface area contributed by atoms with Gasteiger partial charge >= 0.3 is 17.9 Å². The molecule has 0 fully saturated rings. The van der Waals surface area contributed by atoms with E-state index in [-0.39, 0.29) is 31.1 Å². The zero-order valence-electron chi connectivity index (χ0n) is 54.5. The molecule has 0 rings (SSSR count). The van der Waals surface area contributed by atoms with Crippen molar-refractivity contribution in [3.05, 3.63) is 85.1 Å². The first-order valence-corrected chi connectivity index (χ1v) is 35.6. The number of rotatable bonds is 65. The summed E-state index contributed by atoms with van der Waals surface area (Å²) in [5, 5.41) is 0. The van der Waals surface area contributed by atoms with E-state index in [1.165, 1.54) is 218 Å². The summed E-state index contributed by atoms with van der Waals surface area (Å²) in [6.45, 7) is 6.50. The number of allylic oxidation sites excluding steroid dienone is 14. The van der Waals surface area contributed by atoms with Crippen molar-refractivity contribution in [1.29, 1.82) is 0 Å². The van der Waals surface area contributed by atoms with E-state index < -0.39 is 6.10 Å². The smallest absolute Gasteiger partial charge is 0.306 e. The van der Waals surface area contributed by atoms with Gasteiger partial charge in [0.15, 0.2) is 6.10 Å². The third-order valence-corrected chi connectivity index (χ3v) is 15.6. The van der Waals surface area contributed by atoms with Crippen LogP contribution >= 0.6 is 0 Å². The molecule has 0 aliphatic heterocycles. The van der Waals surface area contributed by atoms with Gasteiger partial charge in [0.2, 0.25) is 0 Å². The Kier molecular flexibility index (Phi) is 67.2. The molecule has 0 saturated carbocycles. The Morgan fingerprint density at radius 2 is 0.476 bits per heavy atom. The summed E-state index contributed by atoms with van der Waals surface area (Å²) in [6.07, 6.45) is 93.7. The monoisotopic (exact) mass is 1140 g/mol. The predicted molar refractivity (Wildman–Crippen MR) is 358 cm³/mol. The molecule has 0 aromatic heterocycles. The third-order valence-electron chi connectivity index (χ3n) is 15.6. The van der Waals surface area contributed by atoms with Gasteiger partial charge in [-0.2, -0.15) is 0 Å². The highest BCUT2D eigenvalue weighted by Crippen LogP contribution is 2.18. The maximum atomic E-state index is 12.9. The van der Waals surface area contributed by atoms with E-state index in [9.17, 15) is 14.4 Å². The van der Waals surface area contributed by atoms with Gasteiger partial charge in [-0.25, -0.2) is 0 Å². The van der Waals surface area contributed by atoms with Gasteiger partial charge < -0.3 is 14.2 Å². The van der Waals surface area contributed by atoms with Crippen molar-refractivity contribution in [3.8, 4) is 0 Å². The summed E-state index contributed by atoms with van der Waals surface area (Å²) in [7, 11) is 0. The van der Waals surface area contributed by atoms with Crippen LogP contribution in [0.4, 0.5) is 0 Å². The topological polar surface area (TPSA) is 78.9 Å². The van der Waals surface area contributed by atoms with Gasteiger partial charge in [-0.3, -0.25) is 14.4 Å². The lowest BCUT2D eigenvalue weighted by Crippen LogP contribution is -2.30. The standard InChI is InChI=1S/C76H134O6/c1-4-7-10-13-16-18-20-22-24-26-28-30-32-34-36-37-38-39-41-42-44-46-48-50-52-54-56-58-60-63-66-69-75(78)81-72-73(71-80-74(77)68-65-62-15-12-9-6-3)82-76(79)70-67-64-61-59-57-55-53-51-49-47-45-43-40-35-33-31-29-27-25-23-21-19-17-14-11-8-5-2/h8,11,17,19,23,25-26,28-29,31,35,40,45,47,73H,4-7,9-10,12-16,18,20-22,24,27,30,32-34,36-39,41-44,46,48-72H2,1-3H3/b11-8-,19-17-,25-23-,28-26-,31-29-,40-35-,47-45-. The Bertz CT molecular complexity index is 1550. The Morgan fingerprint density at radius 3 is 0.756 bits per heavy atom. The molecule has 1 atom stereocenters. The van der Waals surface area contributed by atoms with E-state index in [1.807, 2.05) is 0 Å². The molecule has 0 amide bonds. The van der Waals surface area contributed by atoms with Crippen LogP contribution in [0, 0.1) is 0 Å². The number of carbonyl (C=O) groups is 3. The van der Waals surface area contributed by atoms with Crippen LogP contribution in [-0.2, 0) is 28.6 Å². The summed E-state index contributed by atoms with van der Waals surface area (Å²) in [4.78, 5) is 38.1. The molecule has 0 aliphatic carbocycles. The molecule has 0 saturated heterocycles. The SMILES string of the molecule is CC/C=C\C/C=C\C/C=C\C/C=C\C/C=C\C/C=C\CCCCCCCCCCC(=O)OC(COC(=O)CCCCCCCC)COC(=O)CCCCCCCCCCCCCCCCCCCCC/C=C\CCCCCCCCCC. The largest absolute Gasteiger partial charge is 0.462 e. The number of hydrogen-bond acceptors (Lipinski definition) is 6. The van der Waals surface area contributed by atoms with E-state index in [2.05, 4.69) is 106 Å². The highest BCUT2D eigenvalue weighted by Gasteiger charge is 2.19. The molecule has 0 aromatic rings. The maximum Gasteiger partial charge on any atom is 0.306 e. The Hall–Kier alpha value is -3.41. The minimum Gasteiger partial charge on any atom is -0.462 e. The van der Waals surface area contributed by atoms with Gasteiger partial charge in [0.25, 0.3) is 0 Å². The van der Waals surface area contributed by atoms with Crippen molar-refractivity contribution in [2.75, 3.05) is 13.2 Å². The number of unbranched alkanes of at least 4 members (excludes halogenated alkanes) is 40. The first kappa shape index (κ1) is 78.6. The average Bonchev–Trinajstić information content (AvgIpc) is 3.47. The highest BCUT2D eigenvalue weighted by atomic mass is 16.6. The fraction of sp³-hybridized carbons (Fsp3) is 0.776. The van der Waals surface area contributed by atoms with Crippen molar-refractivity contribution in [2.24, 2.45) is 0 Å². The molecule has 0 heterocycles. The maximum absolute atomic E-state index is 12.9. The van der Waals surface area contributed by atoms with Gasteiger partial charge in [0.05, 0.1) is 0 Å². The van der Waals surface area contributed by atoms with Gasteiger partial charge in [-0.05, 0) is 96.3 Å². The minimum atomic E-state index is -0.778. The molecule has 1 unspecified atom stereocenters. The molecule has 0 spiro atoms. The molecule has 0 aromatic carbocycles. The van der Waals surface area contributed by atoms with Crippen LogP contribution in [0.1, 0.15) is 361 Å². The lowest BCUT2D eigenvalue weighted by molar-refractivity contribution is -0.167. The highest BCUT2D eigenvalue weighted by molar-refractivity contribution is 5.71. The van der Waals surface area contributed by atoms with Crippen molar-refractivity contribution in [1.82, 2.24) is 0 Å². The van der Waals surface area contributed by atoms with Gasteiger partial charge in [-0.1, -0.05) is 331 Å². The molecule has 6 heteroatoms. The second-order valence-corrected chi connectivity index (χ2v) is 23.8. The molecule has 0 aliphatic rings. The number of carbonyl (C=O) groups excluding carboxylic acids is 3. The predicted octanol–water partition coefficient (Wildman–Crippen LogP) is 24.6. The second kappa shape index (κ2) is 70.1. The van der Waals surface area contributed by atoms with Crippen LogP contribution in [-0.4, -0.2) is 37.2 Å². The normalized spacial score (nSPS) is 12.6. The fourth-order valence-corrected chi connectivity index (χ4v) is 10.3. The minimum absolute atomic E-state index is 0.0764. The van der Waals surface area contributed by atoms with Crippen LogP contribution in [0.25, 0.3) is 0 Å². The van der Waals surface area contributed by atoms with E-state index in [4.69, 9.17) is 14.2 Å². The van der Waals surface area contributed by atoms with Crippen molar-refractivity contribution < 1.29 is 28.6 Å². The van der Waals surface area contributed by atoms with E-state index >= 15 is 0 Å². The second-order valence-electron chi connectivity index (χ2n) is 23.8. The molecule has 0 bridgehead atoms. The summed E-state index contributed by atoms with van der Waals surface area (Å²) in [5.74, 6) is -0.879. The molecule has 82 heavy (non-hydrogen) atoms. The molecule has 0 radical (unpaired) electrons. The van der Waals surface area contributed by atoms with Gasteiger partial charge in [0.1, 0.15) is 13.2 Å². The Balaban J connectivity index is 4.02. The summed E-state index contributed by atoms with van der Waals surface area (Å²) in [5.41, 5.74) is 0. The average molecular weight is 1140 g/mol. The van der Waals surface area contributed by atoms with Crippen molar-refractivity contribution >= 4 is 17.9 Å². The van der Waals surface area contributed by atoms with Crippen LogP contribution in [0.2, 0.25) is 0 Å². The van der Waals surface area contributed by atoms with E-state index in [0.717, 1.165) is 103 Å². The number of esters is 3. The van der Waals surface area contributed by atoms with E-state index in [1.54, 1.807) is 0 Å². The first-order chi connectivity index (χ1) is 40.5. The molecule has 0 N–H and O–H groups in total. The van der Waals surface area contributed by atoms with Crippen LogP contribution in [0.3, 0.4) is 0 Å². The Labute approximate surface area is 509 Å². The van der Waals surface area contributed by atoms with Crippen molar-refractivity contribution in [3.63, 3.8) is 0 Å². The van der Waals surface area contributed by atoms with Crippen LogP contribution in [0.5, 0.6) is 0 Å². The van der Waals surface area contributed by atoms with Crippen molar-refractivity contribution in [2.45, 2.75) is 367 Å². The van der Waals surface area contributed by atoms with Gasteiger partial charge in [0, 0.05) is 19.3 Å². The van der Waals surface area contributed by atoms with Crippen LogP contribution < -0.4 is 0 Å². The fourth-order valence-electron chi connectivity index (χ4n) is 10.3. The summed E-state index contributed by atoms with van der Waals surface area (Å²) < 4.78 is 16.9. The lowest BCUT2D eigenvalue weighted by Gasteiger charge is -2.18. The molecule has 6 nitrogen and oxygen atoms in total. The third kappa shape index (κ3) is 67.4. The summed E-state index contributed by atoms with van der Waals surface area (Å²) >= 11 is 0. The van der Waals surface area contributed by atoms with Crippen LogP contribution in [0.15, 0.2) is 85.1 Å². The Morgan fingerprint density at radius 1 is 0.256 bits per heavy atom. The quantitative estimate of drug-likeness (QED) is 0.0261. The lowest BCUT2D eigenvalue weighted by atomic mass is 10.0. The number of ether oxygens (including phenoxy) is 3. The van der Waals surface area contributed by atoms with Gasteiger partial charge in [-0.15, -0.1) is 0 Å². The zero-order chi connectivity index (χ0) is 59.2. The molecular formula is C76H134O6. The molecule has 474 valence electrons. The molecular weight excluding hydrogens is 1010 g/mol.